The van der Waals surface area contributed by atoms with Gasteiger partial charge in [0.2, 0.25) is 0 Å². The molecule has 0 atom stereocenters. The third-order valence-corrected chi connectivity index (χ3v) is 5.83. The smallest absolute Gasteiger partial charge is 0.256 e. The second-order valence-electron chi connectivity index (χ2n) is 7.74. The number of hydrogen-bond donors (Lipinski definition) is 0. The van der Waals surface area contributed by atoms with Crippen molar-refractivity contribution in [1.29, 1.82) is 0 Å². The molecule has 0 spiro atoms. The van der Waals surface area contributed by atoms with Gasteiger partial charge in [-0.05, 0) is 43.4 Å². The second-order valence-corrected chi connectivity index (χ2v) is 8.10. The van der Waals surface area contributed by atoms with Crippen LogP contribution >= 0.6 is 11.6 Å². The first kappa shape index (κ1) is 17.4. The maximum atomic E-state index is 12.8. The monoisotopic (exact) mass is 393 g/mol. The van der Waals surface area contributed by atoms with E-state index in [1.54, 1.807) is 17.1 Å². The molecule has 6 nitrogen and oxygen atoms in total. The van der Waals surface area contributed by atoms with Gasteiger partial charge >= 0.3 is 0 Å². The second kappa shape index (κ2) is 6.41. The first-order valence-corrected chi connectivity index (χ1v) is 9.82. The van der Waals surface area contributed by atoms with Crippen LogP contribution in [-0.4, -0.2) is 37.1 Å². The maximum Gasteiger partial charge on any atom is 0.256 e. The van der Waals surface area contributed by atoms with Gasteiger partial charge < -0.3 is 4.90 Å². The Hall–Kier alpha value is -2.73. The number of fused-ring (bicyclic) bond motifs is 1. The summed E-state index contributed by atoms with van der Waals surface area (Å²) >= 11 is 6.33. The molecule has 4 heterocycles. The highest BCUT2D eigenvalue weighted by Crippen LogP contribution is 2.36. The van der Waals surface area contributed by atoms with Crippen LogP contribution in [0.4, 0.5) is 0 Å². The number of aryl methyl sites for hydroxylation is 2. The molecule has 0 N–H and O–H groups in total. The Kier molecular flexibility index (Phi) is 3.98. The summed E-state index contributed by atoms with van der Waals surface area (Å²) in [6, 6.07) is 3.92. The number of aromatic nitrogens is 4. The number of rotatable bonds is 4. The number of amides is 1. The van der Waals surface area contributed by atoms with Crippen molar-refractivity contribution >= 4 is 17.5 Å². The minimum Gasteiger partial charge on any atom is -0.332 e. The van der Waals surface area contributed by atoms with Crippen molar-refractivity contribution in [2.24, 2.45) is 13.0 Å². The van der Waals surface area contributed by atoms with Crippen LogP contribution in [0.5, 0.6) is 0 Å². The number of pyridine rings is 2. The minimum atomic E-state index is 0.0670. The number of nitrogens with zero attached hydrogens (tertiary/aromatic N) is 5. The van der Waals surface area contributed by atoms with Gasteiger partial charge in [-0.3, -0.25) is 14.5 Å². The number of halogens is 1. The lowest BCUT2D eigenvalue weighted by atomic mass is 10.00. The van der Waals surface area contributed by atoms with Gasteiger partial charge in [-0.25, -0.2) is 4.98 Å². The molecule has 0 aromatic carbocycles. The van der Waals surface area contributed by atoms with Gasteiger partial charge in [0.1, 0.15) is 5.15 Å². The van der Waals surface area contributed by atoms with E-state index in [1.165, 1.54) is 12.8 Å². The van der Waals surface area contributed by atoms with E-state index in [9.17, 15) is 4.79 Å². The SMILES string of the molecule is Cc1cc(-c2cnn(C)c2)c(-c2cnc3c(c2)C(=O)N(CC2CC2)C3)nc1Cl. The Morgan fingerprint density at radius 3 is 2.71 bits per heavy atom. The zero-order chi connectivity index (χ0) is 19.4. The Morgan fingerprint density at radius 2 is 2.00 bits per heavy atom. The molecule has 0 bridgehead atoms. The van der Waals surface area contributed by atoms with E-state index in [0.717, 1.165) is 34.5 Å². The average Bonchev–Trinajstić information content (AvgIpc) is 3.31. The summed E-state index contributed by atoms with van der Waals surface area (Å²) < 4.78 is 1.75. The summed E-state index contributed by atoms with van der Waals surface area (Å²) in [4.78, 5) is 24.0. The molecule has 0 radical (unpaired) electrons. The quantitative estimate of drug-likeness (QED) is 0.631. The predicted molar refractivity (Wildman–Crippen MR) is 107 cm³/mol. The summed E-state index contributed by atoms with van der Waals surface area (Å²) in [7, 11) is 1.88. The van der Waals surface area contributed by atoms with Crippen molar-refractivity contribution in [3.05, 3.63) is 52.7 Å². The zero-order valence-corrected chi connectivity index (χ0v) is 16.6. The number of hydrogen-bond acceptors (Lipinski definition) is 4. The molecule has 5 rings (SSSR count). The molecule has 0 unspecified atom stereocenters. The summed E-state index contributed by atoms with van der Waals surface area (Å²) in [5.74, 6) is 0.727. The van der Waals surface area contributed by atoms with E-state index in [-0.39, 0.29) is 5.91 Å². The van der Waals surface area contributed by atoms with Crippen molar-refractivity contribution in [1.82, 2.24) is 24.6 Å². The molecule has 7 heteroatoms. The molecule has 2 aliphatic rings. The van der Waals surface area contributed by atoms with Crippen LogP contribution in [0.2, 0.25) is 5.15 Å². The molecule has 3 aromatic heterocycles. The predicted octanol–water partition coefficient (Wildman–Crippen LogP) is 3.87. The topological polar surface area (TPSA) is 63.9 Å². The molecule has 28 heavy (non-hydrogen) atoms. The fourth-order valence-corrected chi connectivity index (χ4v) is 3.85. The summed E-state index contributed by atoms with van der Waals surface area (Å²) in [6.07, 6.45) is 7.98. The van der Waals surface area contributed by atoms with Crippen LogP contribution in [0.1, 0.15) is 34.5 Å². The third-order valence-electron chi connectivity index (χ3n) is 5.44. The van der Waals surface area contributed by atoms with Gasteiger partial charge in [-0.2, -0.15) is 5.10 Å². The van der Waals surface area contributed by atoms with Crippen molar-refractivity contribution < 1.29 is 4.79 Å². The third kappa shape index (κ3) is 2.98. The van der Waals surface area contributed by atoms with Gasteiger partial charge in [-0.1, -0.05) is 11.6 Å². The largest absolute Gasteiger partial charge is 0.332 e. The molecule has 1 amide bonds. The first-order valence-electron chi connectivity index (χ1n) is 9.44. The molecular formula is C21H20ClN5O. The Bertz CT molecular complexity index is 1100. The molecule has 1 fully saturated rings. The fraction of sp³-hybridized carbons (Fsp3) is 0.333. The van der Waals surface area contributed by atoms with Crippen LogP contribution < -0.4 is 0 Å². The minimum absolute atomic E-state index is 0.0670. The highest BCUT2D eigenvalue weighted by Gasteiger charge is 2.33. The molecular weight excluding hydrogens is 374 g/mol. The molecule has 1 aliphatic heterocycles. The number of carbonyl (C=O) groups excluding carboxylic acids is 1. The summed E-state index contributed by atoms with van der Waals surface area (Å²) in [6.45, 7) is 3.36. The van der Waals surface area contributed by atoms with Crippen LogP contribution in [0, 0.1) is 12.8 Å². The van der Waals surface area contributed by atoms with E-state index in [4.69, 9.17) is 11.6 Å². The zero-order valence-electron chi connectivity index (χ0n) is 15.8. The average molecular weight is 394 g/mol. The molecule has 142 valence electrons. The summed E-state index contributed by atoms with van der Waals surface area (Å²) in [5.41, 5.74) is 5.80. The first-order chi connectivity index (χ1) is 13.5. The van der Waals surface area contributed by atoms with Gasteiger partial charge in [0.15, 0.2) is 0 Å². The lowest BCUT2D eigenvalue weighted by Crippen LogP contribution is -2.26. The molecule has 3 aromatic rings. The van der Waals surface area contributed by atoms with Crippen LogP contribution in [-0.2, 0) is 13.6 Å². The van der Waals surface area contributed by atoms with Crippen LogP contribution in [0.15, 0.2) is 30.7 Å². The van der Waals surface area contributed by atoms with E-state index < -0.39 is 0 Å². The van der Waals surface area contributed by atoms with Crippen molar-refractivity contribution in [3.8, 4) is 22.4 Å². The van der Waals surface area contributed by atoms with E-state index in [1.807, 2.05) is 37.2 Å². The van der Waals surface area contributed by atoms with Gasteiger partial charge in [0.05, 0.1) is 29.7 Å². The van der Waals surface area contributed by atoms with Gasteiger partial charge in [0.25, 0.3) is 5.91 Å². The van der Waals surface area contributed by atoms with Gasteiger partial charge in [-0.15, -0.1) is 0 Å². The highest BCUT2D eigenvalue weighted by atomic mass is 35.5. The number of carbonyl (C=O) groups is 1. The Labute approximate surface area is 168 Å². The molecule has 1 aliphatic carbocycles. The van der Waals surface area contributed by atoms with Crippen molar-refractivity contribution in [3.63, 3.8) is 0 Å². The van der Waals surface area contributed by atoms with E-state index >= 15 is 0 Å². The lowest BCUT2D eigenvalue weighted by molar-refractivity contribution is 0.0770. The van der Waals surface area contributed by atoms with Crippen molar-refractivity contribution in [2.75, 3.05) is 6.54 Å². The van der Waals surface area contributed by atoms with Crippen LogP contribution in [0.3, 0.4) is 0 Å². The van der Waals surface area contributed by atoms with Crippen molar-refractivity contribution in [2.45, 2.75) is 26.3 Å². The molecule has 0 saturated heterocycles. The molecule has 1 saturated carbocycles. The summed E-state index contributed by atoms with van der Waals surface area (Å²) in [5, 5.41) is 4.72. The Balaban J connectivity index is 1.58. The Morgan fingerprint density at radius 1 is 1.18 bits per heavy atom. The maximum absolute atomic E-state index is 12.8. The highest BCUT2D eigenvalue weighted by molar-refractivity contribution is 6.30. The lowest BCUT2D eigenvalue weighted by Gasteiger charge is -2.13. The normalized spacial score (nSPS) is 16.0. The van der Waals surface area contributed by atoms with E-state index in [0.29, 0.717) is 28.9 Å². The van der Waals surface area contributed by atoms with Crippen LogP contribution in [0.25, 0.3) is 22.4 Å². The fourth-order valence-electron chi connectivity index (χ4n) is 3.71. The van der Waals surface area contributed by atoms with Gasteiger partial charge in [0, 0.05) is 42.7 Å². The van der Waals surface area contributed by atoms with E-state index in [2.05, 4.69) is 15.1 Å². The standard InChI is InChI=1S/C21H20ClN5O/c1-12-5-16(15-8-24-26(2)10-15)19(25-20(12)22)14-6-17-18(23-7-14)11-27(21(17)28)9-13-3-4-13/h5-8,10,13H,3-4,9,11H2,1-2H3.